The van der Waals surface area contributed by atoms with Gasteiger partial charge < -0.3 is 10.6 Å². The van der Waals surface area contributed by atoms with Crippen molar-refractivity contribution in [2.75, 3.05) is 17.2 Å². The van der Waals surface area contributed by atoms with Gasteiger partial charge in [-0.1, -0.05) is 36.4 Å². The molecule has 1 aliphatic rings. The molecule has 34 heavy (non-hydrogen) atoms. The molecule has 6 rings (SSSR count). The number of fused-ring (bicyclic) bond motifs is 2. The highest BCUT2D eigenvalue weighted by molar-refractivity contribution is 7.18. The molecular weight excluding hydrogens is 442 g/mol. The minimum absolute atomic E-state index is 0.133. The van der Waals surface area contributed by atoms with Crippen molar-refractivity contribution in [3.63, 3.8) is 0 Å². The minimum Gasteiger partial charge on any atom is -0.383 e. The number of carbonyl (C=O) groups excluding carboxylic acids is 1. The van der Waals surface area contributed by atoms with Crippen molar-refractivity contribution in [2.24, 2.45) is 7.05 Å². The van der Waals surface area contributed by atoms with E-state index in [0.717, 1.165) is 50.0 Å². The van der Waals surface area contributed by atoms with Gasteiger partial charge in [-0.15, -0.1) is 11.3 Å². The molecule has 0 unspecified atom stereocenters. The summed E-state index contributed by atoms with van der Waals surface area (Å²) in [6.45, 7) is 0.712. The summed E-state index contributed by atoms with van der Waals surface area (Å²) in [5.74, 6) is 0.660. The number of nitrogen functional groups attached to an aromatic ring is 1. The van der Waals surface area contributed by atoms with E-state index in [-0.39, 0.29) is 5.91 Å². The molecule has 4 heterocycles. The predicted octanol–water partition coefficient (Wildman–Crippen LogP) is 5.08. The van der Waals surface area contributed by atoms with Gasteiger partial charge in [0.05, 0.1) is 12.6 Å². The van der Waals surface area contributed by atoms with Crippen molar-refractivity contribution in [1.29, 1.82) is 0 Å². The summed E-state index contributed by atoms with van der Waals surface area (Å²) in [7, 11) is 1.91. The number of aryl methyl sites for hydroxylation is 1. The second kappa shape index (κ2) is 8.11. The van der Waals surface area contributed by atoms with Crippen molar-refractivity contribution in [3.05, 3.63) is 83.6 Å². The number of nitrogens with zero attached hydrogens (tertiary/aromatic N) is 4. The Morgan fingerprint density at radius 1 is 1.09 bits per heavy atom. The standard InChI is InChI=1S/C27H23N5OS/c1-31-15-20(13-30-31)21-14-29-27(28)25-22(16-34-26(21)25)18-7-8-23-19(12-18)9-10-32(23)24(33)11-17-5-3-2-4-6-17/h2-8,12-16H,9-11H2,1H3,(H2,28,29). The van der Waals surface area contributed by atoms with Gasteiger partial charge in [0.2, 0.25) is 5.91 Å². The van der Waals surface area contributed by atoms with Gasteiger partial charge in [0.1, 0.15) is 5.82 Å². The first-order valence-corrected chi connectivity index (χ1v) is 12.1. The maximum atomic E-state index is 13.0. The Labute approximate surface area is 201 Å². The number of rotatable bonds is 4. The first-order chi connectivity index (χ1) is 16.6. The van der Waals surface area contributed by atoms with Gasteiger partial charge in [-0.25, -0.2) is 4.98 Å². The zero-order valence-corrected chi connectivity index (χ0v) is 19.5. The van der Waals surface area contributed by atoms with Gasteiger partial charge in [0.15, 0.2) is 0 Å². The van der Waals surface area contributed by atoms with E-state index in [1.165, 1.54) is 5.56 Å². The third-order valence-corrected chi connectivity index (χ3v) is 7.44. The Hall–Kier alpha value is -3.97. The molecule has 2 N–H and O–H groups in total. The van der Waals surface area contributed by atoms with Crippen LogP contribution in [0.3, 0.4) is 0 Å². The molecule has 2 aromatic carbocycles. The molecule has 0 spiro atoms. The average molecular weight is 466 g/mol. The number of nitrogens with two attached hydrogens (primary N) is 1. The molecule has 0 saturated heterocycles. The van der Waals surface area contributed by atoms with Crippen LogP contribution in [-0.4, -0.2) is 27.2 Å². The fraction of sp³-hybridized carbons (Fsp3) is 0.148. The predicted molar refractivity (Wildman–Crippen MR) is 138 cm³/mol. The highest BCUT2D eigenvalue weighted by Crippen LogP contribution is 2.43. The van der Waals surface area contributed by atoms with Crippen LogP contribution < -0.4 is 10.6 Å². The Morgan fingerprint density at radius 2 is 1.94 bits per heavy atom. The molecule has 0 atom stereocenters. The molecule has 1 aliphatic heterocycles. The van der Waals surface area contributed by atoms with E-state index in [4.69, 9.17) is 5.73 Å². The number of amides is 1. The average Bonchev–Trinajstić information content (AvgIpc) is 3.58. The number of aromatic nitrogens is 3. The number of pyridine rings is 1. The normalized spacial score (nSPS) is 12.9. The van der Waals surface area contributed by atoms with Crippen LogP contribution in [0, 0.1) is 0 Å². The Kier molecular flexibility index (Phi) is 4.92. The van der Waals surface area contributed by atoms with Gasteiger partial charge in [-0.05, 0) is 40.6 Å². The molecule has 0 bridgehead atoms. The van der Waals surface area contributed by atoms with Crippen molar-refractivity contribution < 1.29 is 4.79 Å². The highest BCUT2D eigenvalue weighted by atomic mass is 32.1. The van der Waals surface area contributed by atoms with Crippen LogP contribution in [0.5, 0.6) is 0 Å². The molecule has 1 amide bonds. The van der Waals surface area contributed by atoms with Crippen LogP contribution in [0.4, 0.5) is 11.5 Å². The summed E-state index contributed by atoms with van der Waals surface area (Å²) in [5.41, 5.74) is 13.8. The number of carbonyl (C=O) groups is 1. The van der Waals surface area contributed by atoms with Crippen molar-refractivity contribution in [2.45, 2.75) is 12.8 Å². The molecule has 3 aromatic heterocycles. The van der Waals surface area contributed by atoms with Gasteiger partial charge in [-0.3, -0.25) is 9.48 Å². The topological polar surface area (TPSA) is 77.0 Å². The Balaban J connectivity index is 1.35. The van der Waals surface area contributed by atoms with E-state index < -0.39 is 0 Å². The van der Waals surface area contributed by atoms with E-state index in [0.29, 0.717) is 18.8 Å². The number of benzene rings is 2. The monoisotopic (exact) mass is 465 g/mol. The molecule has 0 radical (unpaired) electrons. The Morgan fingerprint density at radius 3 is 2.74 bits per heavy atom. The summed E-state index contributed by atoms with van der Waals surface area (Å²) < 4.78 is 2.90. The zero-order valence-electron chi connectivity index (χ0n) is 18.7. The first-order valence-electron chi connectivity index (χ1n) is 11.2. The lowest BCUT2D eigenvalue weighted by molar-refractivity contribution is -0.117. The van der Waals surface area contributed by atoms with Crippen LogP contribution in [0.15, 0.2) is 72.5 Å². The van der Waals surface area contributed by atoms with Crippen molar-refractivity contribution in [3.8, 4) is 22.3 Å². The molecular formula is C27H23N5OS. The van der Waals surface area contributed by atoms with E-state index in [1.807, 2.05) is 60.9 Å². The van der Waals surface area contributed by atoms with E-state index in [1.54, 1.807) is 16.0 Å². The number of thiophene rings is 1. The maximum Gasteiger partial charge on any atom is 0.231 e. The molecule has 7 heteroatoms. The maximum absolute atomic E-state index is 13.0. The lowest BCUT2D eigenvalue weighted by Gasteiger charge is -2.18. The molecule has 168 valence electrons. The molecule has 6 nitrogen and oxygen atoms in total. The van der Waals surface area contributed by atoms with Gasteiger partial charge in [0.25, 0.3) is 0 Å². The number of anilines is 2. The van der Waals surface area contributed by atoms with Crippen LogP contribution in [0.2, 0.25) is 0 Å². The summed E-state index contributed by atoms with van der Waals surface area (Å²) >= 11 is 1.67. The van der Waals surface area contributed by atoms with Gasteiger partial charge in [0, 0.05) is 58.5 Å². The third kappa shape index (κ3) is 3.45. The fourth-order valence-electron chi connectivity index (χ4n) is 4.74. The molecule has 0 saturated carbocycles. The SMILES string of the molecule is Cn1cc(-c2cnc(N)c3c(-c4ccc5c(c4)CCN5C(=O)Cc4ccccc4)csc23)cn1. The van der Waals surface area contributed by atoms with Crippen LogP contribution >= 0.6 is 11.3 Å². The largest absolute Gasteiger partial charge is 0.383 e. The smallest absolute Gasteiger partial charge is 0.231 e. The summed E-state index contributed by atoms with van der Waals surface area (Å²) in [6.07, 6.45) is 6.93. The summed E-state index contributed by atoms with van der Waals surface area (Å²) in [4.78, 5) is 19.4. The van der Waals surface area contributed by atoms with E-state index in [9.17, 15) is 4.79 Å². The van der Waals surface area contributed by atoms with E-state index in [2.05, 4.69) is 33.7 Å². The van der Waals surface area contributed by atoms with Crippen LogP contribution in [-0.2, 0) is 24.7 Å². The summed E-state index contributed by atoms with van der Waals surface area (Å²) in [6, 6.07) is 16.3. The zero-order chi connectivity index (χ0) is 23.2. The fourth-order valence-corrected chi connectivity index (χ4v) is 5.86. The summed E-state index contributed by atoms with van der Waals surface area (Å²) in [5, 5.41) is 7.43. The number of hydrogen-bond donors (Lipinski definition) is 1. The third-order valence-electron chi connectivity index (χ3n) is 6.43. The van der Waals surface area contributed by atoms with Gasteiger partial charge >= 0.3 is 0 Å². The second-order valence-electron chi connectivity index (χ2n) is 8.61. The molecule has 0 fully saturated rings. The highest BCUT2D eigenvalue weighted by Gasteiger charge is 2.25. The number of hydrogen-bond acceptors (Lipinski definition) is 5. The lowest BCUT2D eigenvalue weighted by atomic mass is 10.00. The lowest BCUT2D eigenvalue weighted by Crippen LogP contribution is -2.30. The second-order valence-corrected chi connectivity index (χ2v) is 9.49. The first kappa shape index (κ1) is 20.6. The van der Waals surface area contributed by atoms with E-state index >= 15 is 0 Å². The van der Waals surface area contributed by atoms with Crippen LogP contribution in [0.25, 0.3) is 32.3 Å². The minimum atomic E-state index is 0.133. The molecule has 5 aromatic rings. The van der Waals surface area contributed by atoms with Crippen molar-refractivity contribution in [1.82, 2.24) is 14.8 Å². The Bertz CT molecular complexity index is 1540. The van der Waals surface area contributed by atoms with Crippen molar-refractivity contribution >= 4 is 38.8 Å². The quantitative estimate of drug-likeness (QED) is 0.402. The molecule has 0 aliphatic carbocycles. The van der Waals surface area contributed by atoms with Gasteiger partial charge in [-0.2, -0.15) is 5.10 Å². The van der Waals surface area contributed by atoms with Crippen LogP contribution in [0.1, 0.15) is 11.1 Å².